The summed E-state index contributed by atoms with van der Waals surface area (Å²) >= 11 is 0. The van der Waals surface area contributed by atoms with Crippen LogP contribution in [0.25, 0.3) is 0 Å². The quantitative estimate of drug-likeness (QED) is 0.720. The Labute approximate surface area is 103 Å². The maximum absolute atomic E-state index is 11.7. The van der Waals surface area contributed by atoms with Gasteiger partial charge in [-0.25, -0.2) is 0 Å². The highest BCUT2D eigenvalue weighted by Crippen LogP contribution is 2.10. The number of rotatable bonds is 4. The highest BCUT2D eigenvalue weighted by molar-refractivity contribution is 5.78. The molecule has 0 saturated carbocycles. The number of carbonyl (C=O) groups excluding carboxylic acids is 1. The van der Waals surface area contributed by atoms with Gasteiger partial charge in [0.15, 0.2) is 0 Å². The molecule has 0 unspecified atom stereocenters. The lowest BCUT2D eigenvalue weighted by molar-refractivity contribution is -0.122. The van der Waals surface area contributed by atoms with Crippen molar-refractivity contribution in [3.8, 4) is 6.07 Å². The van der Waals surface area contributed by atoms with Gasteiger partial charge in [-0.2, -0.15) is 5.26 Å². The highest BCUT2D eigenvalue weighted by atomic mass is 16.2. The van der Waals surface area contributed by atoms with Gasteiger partial charge in [-0.15, -0.1) is 0 Å². The molecule has 17 heavy (non-hydrogen) atoms. The topological polar surface area (TPSA) is 68.2 Å². The summed E-state index contributed by atoms with van der Waals surface area (Å²) < 4.78 is 0. The SMILES string of the molecule is CC(C)(C#N)CNC(=O)CN1CCCNCC1. The number of carbonyl (C=O) groups is 1. The highest BCUT2D eigenvalue weighted by Gasteiger charge is 2.19. The van der Waals surface area contributed by atoms with Gasteiger partial charge in [0.1, 0.15) is 0 Å². The van der Waals surface area contributed by atoms with Crippen LogP contribution < -0.4 is 10.6 Å². The molecular weight excluding hydrogens is 216 g/mol. The van der Waals surface area contributed by atoms with Crippen LogP contribution >= 0.6 is 0 Å². The zero-order valence-electron chi connectivity index (χ0n) is 10.8. The van der Waals surface area contributed by atoms with E-state index >= 15 is 0 Å². The summed E-state index contributed by atoms with van der Waals surface area (Å²) in [5.74, 6) is 0.00947. The molecule has 0 aliphatic carbocycles. The molecule has 1 saturated heterocycles. The first-order valence-corrected chi connectivity index (χ1v) is 6.14. The monoisotopic (exact) mass is 238 g/mol. The minimum absolute atomic E-state index is 0.00947. The van der Waals surface area contributed by atoms with Crippen LogP contribution in [0, 0.1) is 16.7 Å². The predicted molar refractivity (Wildman–Crippen MR) is 66.3 cm³/mol. The van der Waals surface area contributed by atoms with Gasteiger partial charge in [0, 0.05) is 19.6 Å². The minimum Gasteiger partial charge on any atom is -0.353 e. The molecule has 0 spiro atoms. The third kappa shape index (κ3) is 5.66. The summed E-state index contributed by atoms with van der Waals surface area (Å²) in [5.41, 5.74) is -0.490. The van der Waals surface area contributed by atoms with Crippen molar-refractivity contribution in [2.75, 3.05) is 39.3 Å². The summed E-state index contributed by atoms with van der Waals surface area (Å²) in [5, 5.41) is 15.0. The summed E-state index contributed by atoms with van der Waals surface area (Å²) in [6.45, 7) is 8.33. The summed E-state index contributed by atoms with van der Waals surface area (Å²) in [6, 6.07) is 2.17. The second kappa shape index (κ2) is 6.58. The molecule has 0 aromatic heterocycles. The molecule has 0 aromatic carbocycles. The van der Waals surface area contributed by atoms with Crippen LogP contribution in [0.1, 0.15) is 20.3 Å². The molecule has 1 fully saturated rings. The van der Waals surface area contributed by atoms with Gasteiger partial charge >= 0.3 is 0 Å². The van der Waals surface area contributed by atoms with Crippen molar-refractivity contribution in [1.82, 2.24) is 15.5 Å². The Hall–Kier alpha value is -1.12. The number of nitrogens with zero attached hydrogens (tertiary/aromatic N) is 2. The fraction of sp³-hybridized carbons (Fsp3) is 0.833. The van der Waals surface area contributed by atoms with Crippen molar-refractivity contribution in [2.24, 2.45) is 5.41 Å². The first-order valence-electron chi connectivity index (χ1n) is 6.14. The summed E-state index contributed by atoms with van der Waals surface area (Å²) in [4.78, 5) is 13.9. The van der Waals surface area contributed by atoms with Crippen molar-refractivity contribution in [2.45, 2.75) is 20.3 Å². The van der Waals surface area contributed by atoms with Crippen LogP contribution in [0.15, 0.2) is 0 Å². The van der Waals surface area contributed by atoms with Crippen LogP contribution in [-0.4, -0.2) is 50.1 Å². The van der Waals surface area contributed by atoms with Crippen molar-refractivity contribution >= 4 is 5.91 Å². The van der Waals surface area contributed by atoms with Crippen LogP contribution in [0.5, 0.6) is 0 Å². The molecule has 0 radical (unpaired) electrons. The maximum Gasteiger partial charge on any atom is 0.234 e. The molecule has 0 aromatic rings. The normalized spacial score (nSPS) is 18.2. The van der Waals surface area contributed by atoms with Crippen LogP contribution in [0.2, 0.25) is 0 Å². The second-order valence-electron chi connectivity index (χ2n) is 5.15. The van der Waals surface area contributed by atoms with Gasteiger partial charge in [0.05, 0.1) is 18.0 Å². The molecule has 2 N–H and O–H groups in total. The smallest absolute Gasteiger partial charge is 0.234 e. The molecular formula is C12H22N4O. The van der Waals surface area contributed by atoms with Crippen LogP contribution in [-0.2, 0) is 4.79 Å². The Morgan fingerprint density at radius 1 is 1.47 bits per heavy atom. The molecule has 96 valence electrons. The average molecular weight is 238 g/mol. The van der Waals surface area contributed by atoms with E-state index in [9.17, 15) is 4.79 Å². The van der Waals surface area contributed by atoms with E-state index in [1.165, 1.54) is 0 Å². The van der Waals surface area contributed by atoms with Gasteiger partial charge in [0.25, 0.3) is 0 Å². The Bertz CT molecular complexity index is 287. The van der Waals surface area contributed by atoms with Crippen LogP contribution in [0.3, 0.4) is 0 Å². The molecule has 1 rings (SSSR count). The number of hydrogen-bond acceptors (Lipinski definition) is 4. The second-order valence-corrected chi connectivity index (χ2v) is 5.15. The maximum atomic E-state index is 11.7. The molecule has 0 bridgehead atoms. The van der Waals surface area contributed by atoms with E-state index in [-0.39, 0.29) is 5.91 Å². The Morgan fingerprint density at radius 2 is 2.24 bits per heavy atom. The zero-order chi connectivity index (χ0) is 12.7. The molecule has 1 aliphatic rings. The number of nitriles is 1. The van der Waals surface area contributed by atoms with E-state index in [1.807, 2.05) is 13.8 Å². The molecule has 1 heterocycles. The molecule has 1 amide bonds. The Morgan fingerprint density at radius 3 is 2.94 bits per heavy atom. The largest absolute Gasteiger partial charge is 0.353 e. The molecule has 1 aliphatic heterocycles. The number of hydrogen-bond donors (Lipinski definition) is 2. The third-order valence-electron chi connectivity index (χ3n) is 2.83. The van der Waals surface area contributed by atoms with Crippen molar-refractivity contribution in [3.63, 3.8) is 0 Å². The van der Waals surface area contributed by atoms with E-state index in [0.717, 1.165) is 32.6 Å². The number of nitrogens with one attached hydrogen (secondary N) is 2. The van der Waals surface area contributed by atoms with Crippen molar-refractivity contribution < 1.29 is 4.79 Å². The van der Waals surface area contributed by atoms with Crippen LogP contribution in [0.4, 0.5) is 0 Å². The van der Waals surface area contributed by atoms with Gasteiger partial charge < -0.3 is 10.6 Å². The van der Waals surface area contributed by atoms with E-state index < -0.39 is 5.41 Å². The third-order valence-corrected chi connectivity index (χ3v) is 2.83. The van der Waals surface area contributed by atoms with Crippen molar-refractivity contribution in [3.05, 3.63) is 0 Å². The summed E-state index contributed by atoms with van der Waals surface area (Å²) in [6.07, 6.45) is 1.08. The molecule has 5 heteroatoms. The Kier molecular flexibility index (Phi) is 5.39. The van der Waals surface area contributed by atoms with Gasteiger partial charge in [0.2, 0.25) is 5.91 Å². The standard InChI is InChI=1S/C12H22N4O/c1-12(2,9-13)10-15-11(17)8-16-6-3-4-14-5-7-16/h14H,3-8,10H2,1-2H3,(H,15,17). The summed E-state index contributed by atoms with van der Waals surface area (Å²) in [7, 11) is 0. The Balaban J connectivity index is 2.27. The van der Waals surface area contributed by atoms with E-state index in [2.05, 4.69) is 21.6 Å². The first kappa shape index (κ1) is 13.9. The van der Waals surface area contributed by atoms with Gasteiger partial charge in [-0.05, 0) is 33.4 Å². The van der Waals surface area contributed by atoms with Gasteiger partial charge in [-0.1, -0.05) is 0 Å². The van der Waals surface area contributed by atoms with E-state index in [0.29, 0.717) is 13.1 Å². The lowest BCUT2D eigenvalue weighted by atomic mass is 9.96. The van der Waals surface area contributed by atoms with Gasteiger partial charge in [-0.3, -0.25) is 9.69 Å². The molecule has 5 nitrogen and oxygen atoms in total. The molecule has 0 atom stereocenters. The van der Waals surface area contributed by atoms with Crippen molar-refractivity contribution in [1.29, 1.82) is 5.26 Å². The minimum atomic E-state index is -0.490. The fourth-order valence-corrected chi connectivity index (χ4v) is 1.68. The average Bonchev–Trinajstić information content (AvgIpc) is 2.55. The van der Waals surface area contributed by atoms with E-state index in [4.69, 9.17) is 5.26 Å². The first-order chi connectivity index (χ1) is 8.03. The predicted octanol–water partition coefficient (Wildman–Crippen LogP) is -0.0523. The zero-order valence-corrected chi connectivity index (χ0v) is 10.8. The lowest BCUT2D eigenvalue weighted by Gasteiger charge is -2.20. The lowest BCUT2D eigenvalue weighted by Crippen LogP contribution is -2.41. The number of amides is 1. The van der Waals surface area contributed by atoms with E-state index in [1.54, 1.807) is 0 Å². The fourth-order valence-electron chi connectivity index (χ4n) is 1.68.